The van der Waals surface area contributed by atoms with Gasteiger partial charge in [0, 0.05) is 27.8 Å². The fraction of sp³-hybridized carbons (Fsp3) is 0.211. The molecule has 0 N–H and O–H groups in total. The van der Waals surface area contributed by atoms with Gasteiger partial charge in [-0.2, -0.15) is 0 Å². The Morgan fingerprint density at radius 2 is 1.78 bits per heavy atom. The topological polar surface area (TPSA) is 31.6 Å². The highest BCUT2D eigenvalue weighted by Gasteiger charge is 2.20. The lowest BCUT2D eigenvalue weighted by molar-refractivity contribution is 0.253. The van der Waals surface area contributed by atoms with Crippen molar-refractivity contribution in [1.29, 1.82) is 0 Å². The first-order chi connectivity index (χ1) is 20.2. The van der Waals surface area contributed by atoms with Crippen LogP contribution in [0.25, 0.3) is 33.1 Å². The minimum absolute atomic E-state index is 0.257. The Labute approximate surface area is 242 Å². The SMILES string of the molecule is C/C=C1\C(=C(/CC)c2ccc3c(c2)C/C=C(c2cccc4c2oc2ccccc24)\C=C/CO3)OC/C=C\C=C/C1C. The molecule has 0 amide bonds. The summed E-state index contributed by atoms with van der Waals surface area (Å²) in [4.78, 5) is 0. The molecule has 0 spiro atoms. The van der Waals surface area contributed by atoms with Crippen molar-refractivity contribution in [3.05, 3.63) is 137 Å². The molecule has 6 rings (SSSR count). The number of benzene rings is 3. The van der Waals surface area contributed by atoms with Crippen molar-refractivity contribution in [3.8, 4) is 5.75 Å². The Balaban J connectivity index is 1.42. The maximum atomic E-state index is 6.41. The zero-order valence-corrected chi connectivity index (χ0v) is 24.0. The number of hydrogen-bond donors (Lipinski definition) is 0. The van der Waals surface area contributed by atoms with E-state index in [1.807, 2.05) is 12.1 Å². The molecule has 3 heterocycles. The Bertz CT molecular complexity index is 1770. The smallest absolute Gasteiger partial charge is 0.143 e. The van der Waals surface area contributed by atoms with Crippen LogP contribution < -0.4 is 4.74 Å². The minimum Gasteiger partial charge on any atom is -0.489 e. The molecule has 0 fully saturated rings. The number of allylic oxidation sites excluding steroid dienone is 9. The summed E-state index contributed by atoms with van der Waals surface area (Å²) in [5.41, 5.74) is 8.82. The van der Waals surface area contributed by atoms with E-state index in [0.29, 0.717) is 13.2 Å². The summed E-state index contributed by atoms with van der Waals surface area (Å²) in [6.45, 7) is 7.58. The van der Waals surface area contributed by atoms with Gasteiger partial charge in [0.25, 0.3) is 0 Å². The van der Waals surface area contributed by atoms with Crippen LogP contribution in [-0.2, 0) is 11.2 Å². The highest BCUT2D eigenvalue weighted by molar-refractivity contribution is 6.08. The average Bonchev–Trinajstić information content (AvgIpc) is 3.44. The molecule has 0 bridgehead atoms. The van der Waals surface area contributed by atoms with Crippen molar-refractivity contribution in [2.45, 2.75) is 33.6 Å². The molecular weight excluding hydrogens is 504 g/mol. The lowest BCUT2D eigenvalue weighted by Crippen LogP contribution is -2.07. The van der Waals surface area contributed by atoms with Gasteiger partial charge in [0.2, 0.25) is 0 Å². The van der Waals surface area contributed by atoms with E-state index in [0.717, 1.165) is 63.0 Å². The van der Waals surface area contributed by atoms with Gasteiger partial charge in [0.1, 0.15) is 35.9 Å². The minimum atomic E-state index is 0.257. The van der Waals surface area contributed by atoms with Gasteiger partial charge in [-0.3, -0.25) is 0 Å². The Morgan fingerprint density at radius 3 is 2.66 bits per heavy atom. The molecule has 206 valence electrons. The Morgan fingerprint density at radius 1 is 0.927 bits per heavy atom. The molecule has 1 unspecified atom stereocenters. The third-order valence-electron chi connectivity index (χ3n) is 7.96. The van der Waals surface area contributed by atoms with Crippen LogP contribution in [0.4, 0.5) is 0 Å². The van der Waals surface area contributed by atoms with Crippen LogP contribution in [0.3, 0.4) is 0 Å². The lowest BCUT2D eigenvalue weighted by atomic mass is 9.91. The van der Waals surface area contributed by atoms with Crippen LogP contribution in [0.5, 0.6) is 5.75 Å². The molecular formula is C38H36O3. The van der Waals surface area contributed by atoms with Gasteiger partial charge < -0.3 is 13.9 Å². The van der Waals surface area contributed by atoms with Crippen LogP contribution in [0, 0.1) is 5.92 Å². The summed E-state index contributed by atoms with van der Waals surface area (Å²) >= 11 is 0. The fourth-order valence-corrected chi connectivity index (χ4v) is 5.88. The maximum Gasteiger partial charge on any atom is 0.143 e. The van der Waals surface area contributed by atoms with Gasteiger partial charge in [-0.15, -0.1) is 0 Å². The summed E-state index contributed by atoms with van der Waals surface area (Å²) in [7, 11) is 0. The zero-order valence-electron chi connectivity index (χ0n) is 24.0. The van der Waals surface area contributed by atoms with Gasteiger partial charge >= 0.3 is 0 Å². The van der Waals surface area contributed by atoms with E-state index >= 15 is 0 Å². The summed E-state index contributed by atoms with van der Waals surface area (Å²) in [5, 5.41) is 2.28. The van der Waals surface area contributed by atoms with E-state index in [4.69, 9.17) is 13.9 Å². The van der Waals surface area contributed by atoms with Gasteiger partial charge in [0.15, 0.2) is 0 Å². The molecule has 1 aromatic heterocycles. The Hall–Kier alpha value is -4.50. The van der Waals surface area contributed by atoms with Crippen molar-refractivity contribution in [2.24, 2.45) is 5.92 Å². The first-order valence-electron chi connectivity index (χ1n) is 14.6. The standard InChI is InChI=1S/C38H36O3/c1-4-30-26(3)13-7-6-10-23-40-37(30)31(5-2)28-21-22-35-29(25-28)20-19-27(14-12-24-39-35)32-16-11-17-34-33-15-8-9-18-36(33)41-38(32)34/h4,6-19,21-22,25-26H,5,20,23-24H2,1-3H3/b10-6-,13-7-,14-12-,27-19+,30-4-,37-31-. The molecule has 0 saturated heterocycles. The van der Waals surface area contributed by atoms with Crippen LogP contribution in [0.15, 0.2) is 125 Å². The van der Waals surface area contributed by atoms with Crippen LogP contribution in [-0.4, -0.2) is 13.2 Å². The van der Waals surface area contributed by atoms with Crippen molar-refractivity contribution in [3.63, 3.8) is 0 Å². The van der Waals surface area contributed by atoms with E-state index in [-0.39, 0.29) is 5.92 Å². The molecule has 3 heteroatoms. The lowest BCUT2D eigenvalue weighted by Gasteiger charge is -2.21. The van der Waals surface area contributed by atoms with E-state index in [9.17, 15) is 0 Å². The van der Waals surface area contributed by atoms with E-state index in [2.05, 4.69) is 118 Å². The second-order valence-electron chi connectivity index (χ2n) is 10.5. The number of ether oxygens (including phenoxy) is 2. The number of furan rings is 1. The summed E-state index contributed by atoms with van der Waals surface area (Å²) < 4.78 is 19.0. The average molecular weight is 541 g/mol. The van der Waals surface area contributed by atoms with Crippen molar-refractivity contribution in [1.82, 2.24) is 0 Å². The highest BCUT2D eigenvalue weighted by Crippen LogP contribution is 2.37. The van der Waals surface area contributed by atoms with Crippen molar-refractivity contribution in [2.75, 3.05) is 13.2 Å². The molecule has 2 aliphatic heterocycles. The van der Waals surface area contributed by atoms with Gasteiger partial charge in [-0.1, -0.05) is 92.8 Å². The second-order valence-corrected chi connectivity index (χ2v) is 10.5. The molecule has 0 saturated carbocycles. The molecule has 3 aromatic carbocycles. The quantitative estimate of drug-likeness (QED) is 0.259. The van der Waals surface area contributed by atoms with E-state index in [1.165, 1.54) is 16.7 Å². The number of fused-ring (bicyclic) bond motifs is 4. The van der Waals surface area contributed by atoms with Gasteiger partial charge in [0.05, 0.1) is 0 Å². The fourth-order valence-electron chi connectivity index (χ4n) is 5.88. The summed E-state index contributed by atoms with van der Waals surface area (Å²) in [6.07, 6.45) is 18.8. The molecule has 4 aromatic rings. The summed E-state index contributed by atoms with van der Waals surface area (Å²) in [6, 6.07) is 21.2. The Kier molecular flexibility index (Phi) is 7.78. The first kappa shape index (κ1) is 26.7. The second kappa shape index (κ2) is 11.9. The van der Waals surface area contributed by atoms with E-state index < -0.39 is 0 Å². The molecule has 0 aliphatic carbocycles. The van der Waals surface area contributed by atoms with Crippen molar-refractivity contribution < 1.29 is 13.9 Å². The first-order valence-corrected chi connectivity index (χ1v) is 14.6. The summed E-state index contributed by atoms with van der Waals surface area (Å²) in [5.74, 6) is 2.16. The largest absolute Gasteiger partial charge is 0.489 e. The number of para-hydroxylation sites is 2. The third kappa shape index (κ3) is 5.32. The maximum absolute atomic E-state index is 6.41. The molecule has 2 aliphatic rings. The van der Waals surface area contributed by atoms with Crippen LogP contribution in [0.2, 0.25) is 0 Å². The van der Waals surface area contributed by atoms with Crippen LogP contribution >= 0.6 is 0 Å². The third-order valence-corrected chi connectivity index (χ3v) is 7.96. The highest BCUT2D eigenvalue weighted by atomic mass is 16.5. The van der Waals surface area contributed by atoms with Crippen molar-refractivity contribution >= 4 is 33.1 Å². The van der Waals surface area contributed by atoms with E-state index in [1.54, 1.807) is 0 Å². The molecule has 3 nitrogen and oxygen atoms in total. The molecule has 41 heavy (non-hydrogen) atoms. The number of hydrogen-bond acceptors (Lipinski definition) is 3. The van der Waals surface area contributed by atoms with Gasteiger partial charge in [-0.25, -0.2) is 0 Å². The normalized spacial score (nSPS) is 23.3. The predicted octanol–water partition coefficient (Wildman–Crippen LogP) is 10.0. The monoisotopic (exact) mass is 540 g/mol. The van der Waals surface area contributed by atoms with Crippen LogP contribution in [0.1, 0.15) is 43.9 Å². The molecule has 0 radical (unpaired) electrons. The number of rotatable bonds is 3. The molecule has 1 atom stereocenters. The zero-order chi connectivity index (χ0) is 28.2. The van der Waals surface area contributed by atoms with Gasteiger partial charge in [-0.05, 0) is 72.4 Å². The predicted molar refractivity (Wildman–Crippen MR) is 171 cm³/mol.